The summed E-state index contributed by atoms with van der Waals surface area (Å²) in [5.74, 6) is 0.758. The molecule has 1 aliphatic heterocycles. The number of benzene rings is 1. The van der Waals surface area contributed by atoms with E-state index in [1.807, 2.05) is 32.0 Å². The van der Waals surface area contributed by atoms with Gasteiger partial charge in [0.05, 0.1) is 6.61 Å². The number of esters is 1. The van der Waals surface area contributed by atoms with Gasteiger partial charge in [-0.25, -0.2) is 0 Å². The average molecular weight is 292 g/mol. The Kier molecular flexibility index (Phi) is 6.02. The van der Waals surface area contributed by atoms with Crippen LogP contribution in [0.4, 0.5) is 0 Å². The van der Waals surface area contributed by atoms with Crippen LogP contribution in [0.25, 0.3) is 0 Å². The van der Waals surface area contributed by atoms with Gasteiger partial charge < -0.3 is 14.8 Å². The molecule has 1 N–H and O–H groups in total. The maximum absolute atomic E-state index is 12.0. The Bertz CT molecular complexity index is 465. The van der Waals surface area contributed by atoms with E-state index in [4.69, 9.17) is 9.47 Å². The van der Waals surface area contributed by atoms with Gasteiger partial charge in [-0.15, -0.1) is 0 Å². The second-order valence-electron chi connectivity index (χ2n) is 5.05. The summed E-state index contributed by atoms with van der Waals surface area (Å²) >= 11 is 0. The number of carbonyl (C=O) groups is 1. The zero-order valence-corrected chi connectivity index (χ0v) is 12.8. The standard InChI is InChI=1S/C16H24N2O3/c1-3-17-14(16(19)20-4-2)12-18-9-10-21-15-8-6-5-7-13(15)11-18/h5-8,14,17H,3-4,9-12H2,1-2H3. The molecule has 0 radical (unpaired) electrons. The second kappa shape index (κ2) is 8.00. The van der Waals surface area contributed by atoms with Crippen molar-refractivity contribution in [3.8, 4) is 5.75 Å². The summed E-state index contributed by atoms with van der Waals surface area (Å²) in [6.07, 6.45) is 0. The van der Waals surface area contributed by atoms with Gasteiger partial charge in [0.2, 0.25) is 0 Å². The topological polar surface area (TPSA) is 50.8 Å². The summed E-state index contributed by atoms with van der Waals surface area (Å²) in [4.78, 5) is 14.2. The fourth-order valence-corrected chi connectivity index (χ4v) is 2.51. The van der Waals surface area contributed by atoms with Crippen molar-refractivity contribution in [2.75, 3.05) is 32.8 Å². The van der Waals surface area contributed by atoms with E-state index in [-0.39, 0.29) is 12.0 Å². The lowest BCUT2D eigenvalue weighted by Gasteiger charge is -2.25. The third-order valence-corrected chi connectivity index (χ3v) is 3.49. The number of likely N-dealkylation sites (N-methyl/N-ethyl adjacent to an activating group) is 1. The molecule has 0 fully saturated rings. The van der Waals surface area contributed by atoms with Crippen LogP contribution < -0.4 is 10.1 Å². The van der Waals surface area contributed by atoms with Crippen LogP contribution in [0.2, 0.25) is 0 Å². The number of nitrogens with one attached hydrogen (secondary N) is 1. The van der Waals surface area contributed by atoms with Gasteiger partial charge in [-0.3, -0.25) is 9.69 Å². The summed E-state index contributed by atoms with van der Waals surface area (Å²) in [6.45, 7) is 7.83. The zero-order valence-electron chi connectivity index (χ0n) is 12.8. The zero-order chi connectivity index (χ0) is 15.1. The fraction of sp³-hybridized carbons (Fsp3) is 0.562. The van der Waals surface area contributed by atoms with Gasteiger partial charge in [-0.05, 0) is 19.5 Å². The number of ether oxygens (including phenoxy) is 2. The SMILES string of the molecule is CCNC(CN1CCOc2ccccc2C1)C(=O)OCC. The first-order chi connectivity index (χ1) is 10.2. The monoisotopic (exact) mass is 292 g/mol. The number of carbonyl (C=O) groups excluding carboxylic acids is 1. The predicted octanol–water partition coefficient (Wildman–Crippen LogP) is 1.42. The third-order valence-electron chi connectivity index (χ3n) is 3.49. The van der Waals surface area contributed by atoms with Crippen molar-refractivity contribution in [3.05, 3.63) is 29.8 Å². The lowest BCUT2D eigenvalue weighted by Crippen LogP contribution is -2.47. The highest BCUT2D eigenvalue weighted by Crippen LogP contribution is 2.22. The summed E-state index contributed by atoms with van der Waals surface area (Å²) in [6, 6.07) is 7.76. The van der Waals surface area contributed by atoms with Crippen molar-refractivity contribution in [3.63, 3.8) is 0 Å². The molecule has 0 aliphatic carbocycles. The minimum atomic E-state index is -0.291. The summed E-state index contributed by atoms with van der Waals surface area (Å²) in [5.41, 5.74) is 1.16. The minimum Gasteiger partial charge on any atom is -0.492 e. The molecular formula is C16H24N2O3. The first-order valence-corrected chi connectivity index (χ1v) is 7.57. The molecule has 2 rings (SSSR count). The number of hydrogen-bond donors (Lipinski definition) is 1. The molecule has 0 saturated heterocycles. The molecule has 1 aromatic rings. The van der Waals surface area contributed by atoms with Crippen molar-refractivity contribution < 1.29 is 14.3 Å². The van der Waals surface area contributed by atoms with E-state index in [2.05, 4.69) is 16.3 Å². The number of nitrogens with zero attached hydrogens (tertiary/aromatic N) is 1. The lowest BCUT2D eigenvalue weighted by molar-refractivity contribution is -0.146. The second-order valence-corrected chi connectivity index (χ2v) is 5.05. The van der Waals surface area contributed by atoms with E-state index in [1.165, 1.54) is 0 Å². The van der Waals surface area contributed by atoms with E-state index in [9.17, 15) is 4.79 Å². The van der Waals surface area contributed by atoms with Crippen LogP contribution in [0.5, 0.6) is 5.75 Å². The molecular weight excluding hydrogens is 268 g/mol. The maximum Gasteiger partial charge on any atom is 0.324 e. The predicted molar refractivity (Wildman–Crippen MR) is 81.3 cm³/mol. The number of fused-ring (bicyclic) bond motifs is 1. The molecule has 0 spiro atoms. The number of hydrogen-bond acceptors (Lipinski definition) is 5. The molecule has 0 bridgehead atoms. The van der Waals surface area contributed by atoms with Crippen LogP contribution >= 0.6 is 0 Å². The van der Waals surface area contributed by atoms with Crippen molar-refractivity contribution in [1.82, 2.24) is 10.2 Å². The Balaban J connectivity index is 2.01. The lowest BCUT2D eigenvalue weighted by atomic mass is 10.2. The van der Waals surface area contributed by atoms with E-state index < -0.39 is 0 Å². The normalized spacial score (nSPS) is 16.5. The first kappa shape index (κ1) is 15.8. The van der Waals surface area contributed by atoms with Gasteiger partial charge in [-0.2, -0.15) is 0 Å². The number of rotatable bonds is 6. The van der Waals surface area contributed by atoms with Gasteiger partial charge in [0.15, 0.2) is 0 Å². The molecule has 5 heteroatoms. The van der Waals surface area contributed by atoms with Gasteiger partial charge in [0, 0.05) is 25.2 Å². The van der Waals surface area contributed by atoms with Crippen molar-refractivity contribution >= 4 is 5.97 Å². The van der Waals surface area contributed by atoms with Crippen LogP contribution in [-0.4, -0.2) is 49.8 Å². The molecule has 0 amide bonds. The van der Waals surface area contributed by atoms with Gasteiger partial charge in [-0.1, -0.05) is 25.1 Å². The Morgan fingerprint density at radius 2 is 2.24 bits per heavy atom. The van der Waals surface area contributed by atoms with E-state index in [1.54, 1.807) is 0 Å². The Hall–Kier alpha value is -1.59. The Morgan fingerprint density at radius 3 is 3.00 bits per heavy atom. The van der Waals surface area contributed by atoms with Crippen molar-refractivity contribution in [1.29, 1.82) is 0 Å². The molecule has 5 nitrogen and oxygen atoms in total. The Morgan fingerprint density at radius 1 is 1.43 bits per heavy atom. The molecule has 1 atom stereocenters. The van der Waals surface area contributed by atoms with Crippen molar-refractivity contribution in [2.24, 2.45) is 0 Å². The third kappa shape index (κ3) is 4.44. The fourth-order valence-electron chi connectivity index (χ4n) is 2.51. The molecule has 0 saturated carbocycles. The highest BCUT2D eigenvalue weighted by Gasteiger charge is 2.24. The Labute approximate surface area is 126 Å². The molecule has 21 heavy (non-hydrogen) atoms. The van der Waals surface area contributed by atoms with Crippen LogP contribution in [0, 0.1) is 0 Å². The van der Waals surface area contributed by atoms with Crippen LogP contribution in [0.3, 0.4) is 0 Å². The summed E-state index contributed by atoms with van der Waals surface area (Å²) in [7, 11) is 0. The van der Waals surface area contributed by atoms with Gasteiger partial charge in [0.25, 0.3) is 0 Å². The summed E-state index contributed by atoms with van der Waals surface area (Å²) in [5, 5.41) is 3.20. The quantitative estimate of drug-likeness (QED) is 0.804. The van der Waals surface area contributed by atoms with Crippen LogP contribution in [0.1, 0.15) is 19.4 Å². The molecule has 1 unspecified atom stereocenters. The van der Waals surface area contributed by atoms with E-state index in [0.717, 1.165) is 30.9 Å². The first-order valence-electron chi connectivity index (χ1n) is 7.57. The van der Waals surface area contributed by atoms with Crippen LogP contribution in [-0.2, 0) is 16.1 Å². The highest BCUT2D eigenvalue weighted by molar-refractivity contribution is 5.76. The molecule has 1 aromatic carbocycles. The van der Waals surface area contributed by atoms with E-state index in [0.29, 0.717) is 19.8 Å². The maximum atomic E-state index is 12.0. The average Bonchev–Trinajstić information content (AvgIpc) is 2.68. The molecule has 116 valence electrons. The largest absolute Gasteiger partial charge is 0.492 e. The smallest absolute Gasteiger partial charge is 0.324 e. The number of para-hydroxylation sites is 1. The summed E-state index contributed by atoms with van der Waals surface area (Å²) < 4.78 is 10.9. The van der Waals surface area contributed by atoms with E-state index >= 15 is 0 Å². The minimum absolute atomic E-state index is 0.183. The molecule has 1 aliphatic rings. The van der Waals surface area contributed by atoms with Crippen molar-refractivity contribution in [2.45, 2.75) is 26.4 Å². The van der Waals surface area contributed by atoms with Crippen LogP contribution in [0.15, 0.2) is 24.3 Å². The molecule has 0 aromatic heterocycles. The van der Waals surface area contributed by atoms with Gasteiger partial charge >= 0.3 is 5.97 Å². The highest BCUT2D eigenvalue weighted by atomic mass is 16.5. The molecule has 1 heterocycles. The van der Waals surface area contributed by atoms with Gasteiger partial charge in [0.1, 0.15) is 18.4 Å².